The van der Waals surface area contributed by atoms with Gasteiger partial charge in [-0.25, -0.2) is 9.97 Å². The van der Waals surface area contributed by atoms with Crippen molar-refractivity contribution in [2.45, 2.75) is 58.0 Å². The largest absolute Gasteiger partial charge is 0.287 e. The molecule has 0 unspecified atom stereocenters. The van der Waals surface area contributed by atoms with Gasteiger partial charge in [-0.1, -0.05) is 0 Å². The summed E-state index contributed by atoms with van der Waals surface area (Å²) in [6, 6.07) is 0.357. The van der Waals surface area contributed by atoms with E-state index in [9.17, 15) is 0 Å². The lowest BCUT2D eigenvalue weighted by Crippen LogP contribution is -2.23. The summed E-state index contributed by atoms with van der Waals surface area (Å²) >= 11 is 1.92. The maximum Gasteiger partial charge on any atom is 0.167 e. The molecule has 2 aliphatic rings. The first kappa shape index (κ1) is 13.4. The topological polar surface area (TPSA) is 57.7 Å². The van der Waals surface area contributed by atoms with E-state index in [-0.39, 0.29) is 0 Å². The fraction of sp³-hybridized carbons (Fsp3) is 0.667. The maximum atomic E-state index is 4.88. The Balaban J connectivity index is 1.51. The molecule has 0 spiro atoms. The van der Waals surface area contributed by atoms with Crippen molar-refractivity contribution < 1.29 is 0 Å². The molecule has 0 saturated carbocycles. The van der Waals surface area contributed by atoms with Crippen LogP contribution in [0.25, 0.3) is 0 Å². The molecule has 4 rings (SSSR count). The van der Waals surface area contributed by atoms with Crippen LogP contribution in [0.15, 0.2) is 0 Å². The highest BCUT2D eigenvalue weighted by Gasteiger charge is 2.30. The standard InChI is InChI=1S/C15H21N5S/c1-10-16-15(19-18-10)12-6-4-8-20(12)9-14-17-11-5-2-3-7-13(11)21-14/h12H,2-9H2,1H3,(H,16,18,19)/t12-/m1/s1. The first-order valence-electron chi connectivity index (χ1n) is 7.90. The van der Waals surface area contributed by atoms with Gasteiger partial charge in [-0.15, -0.1) is 11.3 Å². The Kier molecular flexibility index (Phi) is 3.51. The molecule has 5 nitrogen and oxygen atoms in total. The molecule has 21 heavy (non-hydrogen) atoms. The van der Waals surface area contributed by atoms with Crippen molar-refractivity contribution >= 4 is 11.3 Å². The second kappa shape index (κ2) is 5.50. The van der Waals surface area contributed by atoms with Gasteiger partial charge < -0.3 is 0 Å². The Morgan fingerprint density at radius 2 is 2.14 bits per heavy atom. The number of nitrogens with zero attached hydrogens (tertiary/aromatic N) is 4. The predicted molar refractivity (Wildman–Crippen MR) is 82.3 cm³/mol. The second-order valence-electron chi connectivity index (χ2n) is 6.09. The maximum absolute atomic E-state index is 4.88. The summed E-state index contributed by atoms with van der Waals surface area (Å²) in [6.07, 6.45) is 7.42. The number of aryl methyl sites for hydroxylation is 3. The lowest BCUT2D eigenvalue weighted by molar-refractivity contribution is 0.239. The zero-order valence-electron chi connectivity index (χ0n) is 12.4. The number of likely N-dealkylation sites (tertiary alicyclic amines) is 1. The molecule has 0 aromatic carbocycles. The Labute approximate surface area is 128 Å². The van der Waals surface area contributed by atoms with Crippen LogP contribution in [-0.2, 0) is 19.4 Å². The molecule has 3 heterocycles. The third kappa shape index (κ3) is 2.62. The van der Waals surface area contributed by atoms with E-state index in [0.717, 1.165) is 31.2 Å². The molecule has 1 atom stereocenters. The fourth-order valence-electron chi connectivity index (χ4n) is 3.46. The number of rotatable bonds is 3. The molecule has 2 aromatic rings. The van der Waals surface area contributed by atoms with Gasteiger partial charge in [0.05, 0.1) is 18.3 Å². The van der Waals surface area contributed by atoms with Crippen molar-refractivity contribution in [3.8, 4) is 0 Å². The molecule has 0 amide bonds. The first-order chi connectivity index (χ1) is 10.3. The molecule has 1 aliphatic carbocycles. The van der Waals surface area contributed by atoms with Crippen molar-refractivity contribution in [2.75, 3.05) is 6.54 Å². The van der Waals surface area contributed by atoms with Crippen molar-refractivity contribution in [1.29, 1.82) is 0 Å². The van der Waals surface area contributed by atoms with Crippen LogP contribution < -0.4 is 0 Å². The van der Waals surface area contributed by atoms with Gasteiger partial charge in [0.1, 0.15) is 10.8 Å². The highest BCUT2D eigenvalue weighted by atomic mass is 32.1. The molecule has 1 aliphatic heterocycles. The van der Waals surface area contributed by atoms with Crippen molar-refractivity contribution in [3.63, 3.8) is 0 Å². The summed E-state index contributed by atoms with van der Waals surface area (Å²) in [5.41, 5.74) is 1.37. The number of fused-ring (bicyclic) bond motifs is 1. The van der Waals surface area contributed by atoms with Gasteiger partial charge >= 0.3 is 0 Å². The quantitative estimate of drug-likeness (QED) is 0.947. The summed E-state index contributed by atoms with van der Waals surface area (Å²) in [4.78, 5) is 13.4. The third-order valence-electron chi connectivity index (χ3n) is 4.50. The molecule has 2 aromatic heterocycles. The number of aromatic amines is 1. The van der Waals surface area contributed by atoms with Gasteiger partial charge in [0, 0.05) is 4.88 Å². The molecule has 0 radical (unpaired) electrons. The van der Waals surface area contributed by atoms with Gasteiger partial charge in [0.2, 0.25) is 0 Å². The average Bonchev–Trinajstić information content (AvgIpc) is 3.17. The molecular formula is C15H21N5S. The van der Waals surface area contributed by atoms with E-state index in [0.29, 0.717) is 6.04 Å². The third-order valence-corrected chi connectivity index (χ3v) is 5.65. The van der Waals surface area contributed by atoms with E-state index >= 15 is 0 Å². The monoisotopic (exact) mass is 303 g/mol. The molecule has 1 N–H and O–H groups in total. The van der Waals surface area contributed by atoms with Gasteiger partial charge in [-0.2, -0.15) is 5.10 Å². The van der Waals surface area contributed by atoms with Crippen LogP contribution in [0, 0.1) is 6.92 Å². The van der Waals surface area contributed by atoms with E-state index in [1.807, 2.05) is 18.3 Å². The summed E-state index contributed by atoms with van der Waals surface area (Å²) in [6.45, 7) is 4.04. The van der Waals surface area contributed by atoms with Crippen LogP contribution in [0.3, 0.4) is 0 Å². The number of aromatic nitrogens is 4. The molecular weight excluding hydrogens is 282 g/mol. The number of hydrogen-bond acceptors (Lipinski definition) is 5. The Morgan fingerprint density at radius 1 is 1.24 bits per heavy atom. The highest BCUT2D eigenvalue weighted by Crippen LogP contribution is 2.33. The predicted octanol–water partition coefficient (Wildman–Crippen LogP) is 2.79. The summed E-state index contributed by atoms with van der Waals surface area (Å²) < 4.78 is 0. The number of hydrogen-bond donors (Lipinski definition) is 1. The van der Waals surface area contributed by atoms with Crippen LogP contribution in [0.4, 0.5) is 0 Å². The number of H-pyrrole nitrogens is 1. The zero-order chi connectivity index (χ0) is 14.2. The minimum Gasteiger partial charge on any atom is -0.287 e. The summed E-state index contributed by atoms with van der Waals surface area (Å²) in [7, 11) is 0. The Hall–Kier alpha value is -1.27. The van der Waals surface area contributed by atoms with Crippen LogP contribution in [-0.4, -0.2) is 31.6 Å². The summed E-state index contributed by atoms with van der Waals surface area (Å²) in [5, 5.41) is 8.61. The second-order valence-corrected chi connectivity index (χ2v) is 7.26. The van der Waals surface area contributed by atoms with E-state index in [1.54, 1.807) is 0 Å². The van der Waals surface area contributed by atoms with Crippen LogP contribution in [0.1, 0.15) is 59.0 Å². The average molecular weight is 303 g/mol. The van der Waals surface area contributed by atoms with Gasteiger partial charge in [0.25, 0.3) is 0 Å². The van der Waals surface area contributed by atoms with Gasteiger partial charge in [-0.3, -0.25) is 10.00 Å². The van der Waals surface area contributed by atoms with E-state index in [4.69, 9.17) is 4.98 Å². The lowest BCUT2D eigenvalue weighted by Gasteiger charge is -2.20. The van der Waals surface area contributed by atoms with Crippen molar-refractivity contribution in [2.24, 2.45) is 0 Å². The zero-order valence-corrected chi connectivity index (χ0v) is 13.2. The van der Waals surface area contributed by atoms with E-state index < -0.39 is 0 Å². The van der Waals surface area contributed by atoms with Crippen LogP contribution in [0.5, 0.6) is 0 Å². The minimum atomic E-state index is 0.357. The number of nitrogens with one attached hydrogen (secondary N) is 1. The van der Waals surface area contributed by atoms with E-state index in [1.165, 1.54) is 47.7 Å². The molecule has 6 heteroatoms. The van der Waals surface area contributed by atoms with Gasteiger partial charge in [0.15, 0.2) is 5.82 Å². The molecule has 0 bridgehead atoms. The van der Waals surface area contributed by atoms with Crippen LogP contribution >= 0.6 is 11.3 Å². The van der Waals surface area contributed by atoms with Gasteiger partial charge in [-0.05, 0) is 52.0 Å². The molecule has 1 fully saturated rings. The molecule has 112 valence electrons. The fourth-order valence-corrected chi connectivity index (χ4v) is 4.65. The lowest BCUT2D eigenvalue weighted by atomic mass is 10.0. The van der Waals surface area contributed by atoms with Crippen LogP contribution in [0.2, 0.25) is 0 Å². The smallest absolute Gasteiger partial charge is 0.167 e. The SMILES string of the molecule is Cc1nc([C@H]2CCCN2Cc2nc3c(s2)CCCC3)n[nH]1. The summed E-state index contributed by atoms with van der Waals surface area (Å²) in [5.74, 6) is 1.85. The normalized spacial score (nSPS) is 22.6. The highest BCUT2D eigenvalue weighted by molar-refractivity contribution is 7.11. The minimum absolute atomic E-state index is 0.357. The Morgan fingerprint density at radius 3 is 2.95 bits per heavy atom. The van der Waals surface area contributed by atoms with Crippen molar-refractivity contribution in [1.82, 2.24) is 25.1 Å². The Bertz CT molecular complexity index is 608. The first-order valence-corrected chi connectivity index (χ1v) is 8.71. The van der Waals surface area contributed by atoms with E-state index in [2.05, 4.69) is 20.1 Å². The van der Waals surface area contributed by atoms with Crippen molar-refractivity contribution in [3.05, 3.63) is 27.2 Å². The molecule has 1 saturated heterocycles. The number of thiazole rings is 1.